The van der Waals surface area contributed by atoms with Gasteiger partial charge in [-0.15, -0.1) is 0 Å². The summed E-state index contributed by atoms with van der Waals surface area (Å²) in [6.07, 6.45) is 30.1. The van der Waals surface area contributed by atoms with Gasteiger partial charge in [-0.25, -0.2) is 0 Å². The Morgan fingerprint density at radius 2 is 0.774 bits per heavy atom. The van der Waals surface area contributed by atoms with Crippen molar-refractivity contribution in [2.75, 3.05) is 0 Å². The van der Waals surface area contributed by atoms with Crippen molar-refractivity contribution in [2.45, 2.75) is 160 Å². The zero-order valence-corrected chi connectivity index (χ0v) is 22.4. The van der Waals surface area contributed by atoms with E-state index in [9.17, 15) is 0 Å². The van der Waals surface area contributed by atoms with E-state index in [0.717, 1.165) is 40.1 Å². The topological polar surface area (TPSA) is 0 Å². The standard InChI is InChI=1S/C30H56S/c1-24(27-16-10-6-4-7-11-17-27)25(2)28-20-14-22-30(23-15-21-28)31-26(3)29-18-12-8-5-9-13-19-29/h24-30H,4-23H2,1-3H3/t24-,25?,26-,28?,30?/m1/s1. The van der Waals surface area contributed by atoms with E-state index in [1.165, 1.54) is 128 Å². The maximum Gasteiger partial charge on any atom is 0.00498 e. The molecule has 182 valence electrons. The van der Waals surface area contributed by atoms with Crippen LogP contribution < -0.4 is 0 Å². The van der Waals surface area contributed by atoms with Crippen molar-refractivity contribution in [1.29, 1.82) is 0 Å². The molecule has 0 saturated heterocycles. The fourth-order valence-electron chi connectivity index (χ4n) is 7.41. The molecule has 0 N–H and O–H groups in total. The summed E-state index contributed by atoms with van der Waals surface area (Å²) in [5.41, 5.74) is 0. The molecule has 0 aromatic heterocycles. The van der Waals surface area contributed by atoms with E-state index < -0.39 is 0 Å². The summed E-state index contributed by atoms with van der Waals surface area (Å²) in [6, 6.07) is 0. The Kier molecular flexibility index (Phi) is 12.2. The Balaban J connectivity index is 1.42. The van der Waals surface area contributed by atoms with Crippen LogP contribution in [0.15, 0.2) is 0 Å². The lowest BCUT2D eigenvalue weighted by Gasteiger charge is -2.37. The van der Waals surface area contributed by atoms with Crippen LogP contribution in [0.4, 0.5) is 0 Å². The molecule has 0 bridgehead atoms. The number of rotatable bonds is 6. The number of thioether (sulfide) groups is 1. The highest BCUT2D eigenvalue weighted by Gasteiger charge is 2.30. The summed E-state index contributed by atoms with van der Waals surface area (Å²) in [5.74, 6) is 4.94. The zero-order chi connectivity index (χ0) is 21.9. The first-order valence-electron chi connectivity index (χ1n) is 14.8. The third-order valence-electron chi connectivity index (χ3n) is 9.89. The molecule has 3 atom stereocenters. The summed E-state index contributed by atoms with van der Waals surface area (Å²) >= 11 is 2.41. The molecule has 0 spiro atoms. The van der Waals surface area contributed by atoms with Crippen LogP contribution in [-0.2, 0) is 0 Å². The lowest BCUT2D eigenvalue weighted by atomic mass is 9.70. The first-order valence-corrected chi connectivity index (χ1v) is 15.7. The van der Waals surface area contributed by atoms with Crippen molar-refractivity contribution < 1.29 is 0 Å². The molecule has 1 heteroatoms. The van der Waals surface area contributed by atoms with Crippen LogP contribution in [0.5, 0.6) is 0 Å². The second kappa shape index (κ2) is 14.6. The monoisotopic (exact) mass is 448 g/mol. The van der Waals surface area contributed by atoms with Gasteiger partial charge >= 0.3 is 0 Å². The molecule has 0 aliphatic heterocycles. The lowest BCUT2D eigenvalue weighted by molar-refractivity contribution is 0.147. The third kappa shape index (κ3) is 8.90. The van der Waals surface area contributed by atoms with Gasteiger partial charge in [0.25, 0.3) is 0 Å². The second-order valence-corrected chi connectivity index (χ2v) is 13.7. The van der Waals surface area contributed by atoms with Crippen LogP contribution in [0.3, 0.4) is 0 Å². The van der Waals surface area contributed by atoms with Gasteiger partial charge in [0.15, 0.2) is 0 Å². The minimum absolute atomic E-state index is 0.900. The van der Waals surface area contributed by atoms with Crippen molar-refractivity contribution in [3.63, 3.8) is 0 Å². The van der Waals surface area contributed by atoms with Crippen LogP contribution in [-0.4, -0.2) is 10.5 Å². The molecule has 1 unspecified atom stereocenters. The Labute approximate surface area is 200 Å². The summed E-state index contributed by atoms with van der Waals surface area (Å²) in [6.45, 7) is 7.85. The highest BCUT2D eigenvalue weighted by Crippen LogP contribution is 2.42. The van der Waals surface area contributed by atoms with E-state index in [-0.39, 0.29) is 0 Å². The Bertz CT molecular complexity index is 433. The van der Waals surface area contributed by atoms with Gasteiger partial charge in [-0.2, -0.15) is 11.8 Å². The fourth-order valence-corrected chi connectivity index (χ4v) is 9.12. The summed E-state index contributed by atoms with van der Waals surface area (Å²) in [4.78, 5) is 0. The van der Waals surface area contributed by atoms with Gasteiger partial charge < -0.3 is 0 Å². The molecule has 31 heavy (non-hydrogen) atoms. The van der Waals surface area contributed by atoms with Gasteiger partial charge in [-0.05, 0) is 55.3 Å². The molecule has 0 aromatic rings. The van der Waals surface area contributed by atoms with Gasteiger partial charge in [-0.3, -0.25) is 0 Å². The molecule has 3 aliphatic rings. The summed E-state index contributed by atoms with van der Waals surface area (Å²) in [5, 5.41) is 1.86. The quantitative estimate of drug-likeness (QED) is 0.389. The van der Waals surface area contributed by atoms with Gasteiger partial charge in [0, 0.05) is 10.5 Å². The SMILES string of the molecule is CC(C1CCCC(S[C@H](C)C2CCCCCCC2)CCC1)[C@@H](C)C1CCCCCCC1. The molecule has 0 amide bonds. The van der Waals surface area contributed by atoms with Crippen LogP contribution in [0, 0.1) is 29.6 Å². The predicted molar refractivity (Wildman–Crippen MR) is 142 cm³/mol. The van der Waals surface area contributed by atoms with Crippen LogP contribution in [0.2, 0.25) is 0 Å². The molecule has 3 rings (SSSR count). The molecule has 3 fully saturated rings. The fraction of sp³-hybridized carbons (Fsp3) is 1.00. The van der Waals surface area contributed by atoms with Gasteiger partial charge in [0.2, 0.25) is 0 Å². The average molecular weight is 449 g/mol. The Morgan fingerprint density at radius 1 is 0.419 bits per heavy atom. The maximum atomic E-state index is 2.64. The average Bonchev–Trinajstić information content (AvgIpc) is 2.68. The van der Waals surface area contributed by atoms with E-state index >= 15 is 0 Å². The lowest BCUT2D eigenvalue weighted by Crippen LogP contribution is -2.27. The van der Waals surface area contributed by atoms with E-state index in [1.54, 1.807) is 0 Å². The number of hydrogen-bond acceptors (Lipinski definition) is 1. The normalized spacial score (nSPS) is 31.8. The van der Waals surface area contributed by atoms with E-state index in [4.69, 9.17) is 0 Å². The molecule has 3 aliphatic carbocycles. The predicted octanol–water partition coefficient (Wildman–Crippen LogP) is 10.4. The Hall–Kier alpha value is 0.350. The maximum absolute atomic E-state index is 2.64. The van der Waals surface area contributed by atoms with E-state index in [1.807, 2.05) is 0 Å². The number of hydrogen-bond donors (Lipinski definition) is 0. The van der Waals surface area contributed by atoms with Gasteiger partial charge in [-0.1, -0.05) is 124 Å². The molecule has 0 heterocycles. The zero-order valence-electron chi connectivity index (χ0n) is 21.6. The summed E-state index contributed by atoms with van der Waals surface area (Å²) < 4.78 is 0. The van der Waals surface area contributed by atoms with Crippen molar-refractivity contribution >= 4 is 11.8 Å². The Morgan fingerprint density at radius 3 is 1.23 bits per heavy atom. The molecular weight excluding hydrogens is 392 g/mol. The third-order valence-corrected chi connectivity index (χ3v) is 11.6. The first-order chi connectivity index (χ1) is 15.1. The van der Waals surface area contributed by atoms with Crippen molar-refractivity contribution in [2.24, 2.45) is 29.6 Å². The summed E-state index contributed by atoms with van der Waals surface area (Å²) in [7, 11) is 0. The minimum atomic E-state index is 0.900. The smallest absolute Gasteiger partial charge is 0.00498 e. The molecule has 0 radical (unpaired) electrons. The molecule has 0 nitrogen and oxygen atoms in total. The molecular formula is C30H56S. The van der Waals surface area contributed by atoms with Crippen molar-refractivity contribution in [3.05, 3.63) is 0 Å². The second-order valence-electron chi connectivity index (χ2n) is 12.0. The molecule has 3 saturated carbocycles. The van der Waals surface area contributed by atoms with Crippen molar-refractivity contribution in [3.8, 4) is 0 Å². The molecule has 0 aromatic carbocycles. The first kappa shape index (κ1) is 26.0. The van der Waals surface area contributed by atoms with Gasteiger partial charge in [0.05, 0.1) is 0 Å². The largest absolute Gasteiger partial charge is 0.155 e. The van der Waals surface area contributed by atoms with Crippen LogP contribution in [0.25, 0.3) is 0 Å². The highest BCUT2D eigenvalue weighted by molar-refractivity contribution is 8.00. The van der Waals surface area contributed by atoms with Crippen molar-refractivity contribution in [1.82, 2.24) is 0 Å². The van der Waals surface area contributed by atoms with E-state index in [2.05, 4.69) is 32.5 Å². The van der Waals surface area contributed by atoms with E-state index in [0.29, 0.717) is 0 Å². The van der Waals surface area contributed by atoms with Crippen LogP contribution >= 0.6 is 11.8 Å². The minimum Gasteiger partial charge on any atom is -0.155 e. The highest BCUT2D eigenvalue weighted by atomic mass is 32.2. The van der Waals surface area contributed by atoms with Gasteiger partial charge in [0.1, 0.15) is 0 Å². The van der Waals surface area contributed by atoms with Crippen LogP contribution in [0.1, 0.15) is 149 Å².